The van der Waals surface area contributed by atoms with Crippen molar-refractivity contribution in [1.29, 1.82) is 0 Å². The van der Waals surface area contributed by atoms with E-state index in [1.54, 1.807) is 13.2 Å². The highest BCUT2D eigenvalue weighted by atomic mass is 35.5. The zero-order valence-corrected chi connectivity index (χ0v) is 8.28. The van der Waals surface area contributed by atoms with E-state index < -0.39 is 0 Å². The first-order chi connectivity index (χ1) is 5.27. The predicted octanol–water partition coefficient (Wildman–Crippen LogP) is 2.44. The number of benzene rings is 1. The molecule has 0 saturated carbocycles. The van der Waals surface area contributed by atoms with Crippen LogP contribution in [0.25, 0.3) is 0 Å². The van der Waals surface area contributed by atoms with Crippen LogP contribution in [0.1, 0.15) is 5.56 Å². The number of hydrogen-bond donors (Lipinski definition) is 1. The Bertz CT molecular complexity index is 253. The van der Waals surface area contributed by atoms with Crippen LogP contribution in [-0.4, -0.2) is 7.11 Å². The fourth-order valence-electron chi connectivity index (χ4n) is 0.825. The van der Waals surface area contributed by atoms with Crippen LogP contribution in [0.5, 0.6) is 5.75 Å². The standard InChI is InChI=1S/C8H10ClNO.ClH/c1-11-7-2-3-8(10)6(4-7)5-9;/h2-4H,5,10H2,1H3;1H. The lowest BCUT2D eigenvalue weighted by Crippen LogP contribution is -1.92. The summed E-state index contributed by atoms with van der Waals surface area (Å²) in [4.78, 5) is 0. The molecular formula is C8H11Cl2NO. The molecule has 0 spiro atoms. The van der Waals surface area contributed by atoms with Gasteiger partial charge in [-0.1, -0.05) is 0 Å². The molecule has 0 radical (unpaired) electrons. The van der Waals surface area contributed by atoms with Crippen LogP contribution in [0.3, 0.4) is 0 Å². The zero-order chi connectivity index (χ0) is 8.27. The molecule has 0 aromatic heterocycles. The van der Waals surface area contributed by atoms with Gasteiger partial charge in [-0.05, 0) is 23.8 Å². The van der Waals surface area contributed by atoms with Crippen LogP contribution in [0, 0.1) is 0 Å². The van der Waals surface area contributed by atoms with Crippen molar-refractivity contribution in [3.05, 3.63) is 23.8 Å². The summed E-state index contributed by atoms with van der Waals surface area (Å²) in [6.45, 7) is 0. The van der Waals surface area contributed by atoms with Gasteiger partial charge in [-0.3, -0.25) is 0 Å². The first-order valence-electron chi connectivity index (χ1n) is 3.26. The third-order valence-corrected chi connectivity index (χ3v) is 1.78. The van der Waals surface area contributed by atoms with E-state index in [1.165, 1.54) is 0 Å². The number of nitrogens with two attached hydrogens (primary N) is 1. The molecule has 0 fully saturated rings. The molecule has 4 heteroatoms. The normalized spacial score (nSPS) is 8.83. The smallest absolute Gasteiger partial charge is 0.119 e. The topological polar surface area (TPSA) is 35.2 Å². The van der Waals surface area contributed by atoms with Gasteiger partial charge in [0.05, 0.1) is 7.11 Å². The summed E-state index contributed by atoms with van der Waals surface area (Å²) in [7, 11) is 1.61. The van der Waals surface area contributed by atoms with E-state index in [9.17, 15) is 0 Å². The Balaban J connectivity index is 0.00000121. The molecule has 0 amide bonds. The largest absolute Gasteiger partial charge is 0.497 e. The van der Waals surface area contributed by atoms with Gasteiger partial charge in [0.2, 0.25) is 0 Å². The molecule has 0 atom stereocenters. The number of nitrogen functional groups attached to an aromatic ring is 1. The molecular weight excluding hydrogens is 197 g/mol. The maximum absolute atomic E-state index is 5.63. The SMILES string of the molecule is COc1ccc(N)c(CCl)c1.Cl. The van der Waals surface area contributed by atoms with Gasteiger partial charge in [0, 0.05) is 11.6 Å². The molecule has 0 saturated heterocycles. The first kappa shape index (κ1) is 11.4. The Morgan fingerprint density at radius 3 is 2.67 bits per heavy atom. The van der Waals surface area contributed by atoms with E-state index in [2.05, 4.69) is 0 Å². The van der Waals surface area contributed by atoms with Crippen molar-refractivity contribution in [2.24, 2.45) is 0 Å². The van der Waals surface area contributed by atoms with Crippen LogP contribution < -0.4 is 10.5 Å². The van der Waals surface area contributed by atoms with Crippen molar-refractivity contribution in [3.8, 4) is 5.75 Å². The van der Waals surface area contributed by atoms with E-state index in [-0.39, 0.29) is 12.4 Å². The van der Waals surface area contributed by atoms with Gasteiger partial charge < -0.3 is 10.5 Å². The van der Waals surface area contributed by atoms with Gasteiger partial charge in [-0.15, -0.1) is 24.0 Å². The average Bonchev–Trinajstić information content (AvgIpc) is 2.05. The minimum Gasteiger partial charge on any atom is -0.497 e. The highest BCUT2D eigenvalue weighted by Gasteiger charge is 1.98. The van der Waals surface area contributed by atoms with Crippen molar-refractivity contribution in [1.82, 2.24) is 0 Å². The van der Waals surface area contributed by atoms with E-state index in [4.69, 9.17) is 22.1 Å². The molecule has 12 heavy (non-hydrogen) atoms. The summed E-state index contributed by atoms with van der Waals surface area (Å²) >= 11 is 5.63. The lowest BCUT2D eigenvalue weighted by molar-refractivity contribution is 0.414. The maximum Gasteiger partial charge on any atom is 0.119 e. The molecule has 1 aromatic rings. The number of anilines is 1. The quantitative estimate of drug-likeness (QED) is 0.598. The van der Waals surface area contributed by atoms with E-state index in [1.807, 2.05) is 12.1 Å². The van der Waals surface area contributed by atoms with Crippen LogP contribution in [0.15, 0.2) is 18.2 Å². The van der Waals surface area contributed by atoms with Gasteiger partial charge in [0.15, 0.2) is 0 Å². The molecule has 1 aromatic carbocycles. The van der Waals surface area contributed by atoms with Crippen LogP contribution in [-0.2, 0) is 5.88 Å². The van der Waals surface area contributed by atoms with Crippen molar-refractivity contribution < 1.29 is 4.74 Å². The van der Waals surface area contributed by atoms with Crippen molar-refractivity contribution >= 4 is 29.7 Å². The lowest BCUT2D eigenvalue weighted by atomic mass is 10.2. The van der Waals surface area contributed by atoms with Crippen LogP contribution in [0.4, 0.5) is 5.69 Å². The molecule has 0 bridgehead atoms. The zero-order valence-electron chi connectivity index (χ0n) is 6.71. The Kier molecular flexibility index (Phi) is 4.86. The third-order valence-electron chi connectivity index (χ3n) is 1.49. The molecule has 0 aliphatic carbocycles. The monoisotopic (exact) mass is 207 g/mol. The number of rotatable bonds is 2. The molecule has 2 N–H and O–H groups in total. The molecule has 0 heterocycles. The summed E-state index contributed by atoms with van der Waals surface area (Å²) < 4.78 is 5.00. The number of methoxy groups -OCH3 is 1. The minimum absolute atomic E-state index is 0. The highest BCUT2D eigenvalue weighted by Crippen LogP contribution is 2.20. The van der Waals surface area contributed by atoms with Gasteiger partial charge >= 0.3 is 0 Å². The highest BCUT2D eigenvalue weighted by molar-refractivity contribution is 6.17. The Labute approximate surface area is 83.1 Å². The van der Waals surface area contributed by atoms with Gasteiger partial charge in [0.1, 0.15) is 5.75 Å². The summed E-state index contributed by atoms with van der Waals surface area (Å²) in [6.07, 6.45) is 0. The Morgan fingerprint density at radius 1 is 1.50 bits per heavy atom. The van der Waals surface area contributed by atoms with Gasteiger partial charge in [-0.2, -0.15) is 0 Å². The Morgan fingerprint density at radius 2 is 2.17 bits per heavy atom. The number of ether oxygens (including phenoxy) is 1. The van der Waals surface area contributed by atoms with Crippen LogP contribution >= 0.6 is 24.0 Å². The fourth-order valence-corrected chi connectivity index (χ4v) is 1.06. The minimum atomic E-state index is 0. The van der Waals surface area contributed by atoms with E-state index in [0.29, 0.717) is 11.6 Å². The molecule has 0 aliphatic heterocycles. The molecule has 0 aliphatic rings. The first-order valence-corrected chi connectivity index (χ1v) is 3.79. The van der Waals surface area contributed by atoms with E-state index >= 15 is 0 Å². The molecule has 2 nitrogen and oxygen atoms in total. The summed E-state index contributed by atoms with van der Waals surface area (Å²) in [6, 6.07) is 5.43. The average molecular weight is 208 g/mol. The second-order valence-electron chi connectivity index (χ2n) is 2.20. The van der Waals surface area contributed by atoms with E-state index in [0.717, 1.165) is 11.3 Å². The maximum atomic E-state index is 5.63. The number of hydrogen-bond acceptors (Lipinski definition) is 2. The van der Waals surface area contributed by atoms with Gasteiger partial charge in [-0.25, -0.2) is 0 Å². The lowest BCUT2D eigenvalue weighted by Gasteiger charge is -2.04. The van der Waals surface area contributed by atoms with Crippen molar-refractivity contribution in [3.63, 3.8) is 0 Å². The second-order valence-corrected chi connectivity index (χ2v) is 2.47. The number of halogens is 2. The van der Waals surface area contributed by atoms with Crippen molar-refractivity contribution in [2.45, 2.75) is 5.88 Å². The van der Waals surface area contributed by atoms with Crippen LogP contribution in [0.2, 0.25) is 0 Å². The Hall–Kier alpha value is -0.600. The summed E-state index contributed by atoms with van der Waals surface area (Å²) in [5, 5.41) is 0. The summed E-state index contributed by atoms with van der Waals surface area (Å²) in [5.74, 6) is 1.21. The van der Waals surface area contributed by atoms with Gasteiger partial charge in [0.25, 0.3) is 0 Å². The molecule has 0 unspecified atom stereocenters. The summed E-state index contributed by atoms with van der Waals surface area (Å²) in [5.41, 5.74) is 7.23. The number of alkyl halides is 1. The second kappa shape index (κ2) is 5.12. The van der Waals surface area contributed by atoms with Crippen molar-refractivity contribution in [2.75, 3.05) is 12.8 Å². The third kappa shape index (κ3) is 2.47. The molecule has 1 rings (SSSR count). The molecule has 68 valence electrons. The predicted molar refractivity (Wildman–Crippen MR) is 54.2 cm³/mol. The fraction of sp³-hybridized carbons (Fsp3) is 0.250.